The molecule has 0 spiro atoms. The van der Waals surface area contributed by atoms with Gasteiger partial charge >= 0.3 is 0 Å². The van der Waals surface area contributed by atoms with Crippen LogP contribution in [0.15, 0.2) is 66.2 Å². The first kappa shape index (κ1) is 18.7. The first-order valence-electron chi connectivity index (χ1n) is 9.26. The summed E-state index contributed by atoms with van der Waals surface area (Å²) in [6, 6.07) is 17.4. The van der Waals surface area contributed by atoms with Gasteiger partial charge in [-0.1, -0.05) is 48.0 Å². The number of nitrogens with zero attached hydrogens (tertiary/aromatic N) is 2. The Labute approximate surface area is 165 Å². The number of hydrogen-bond acceptors (Lipinski definition) is 4. The summed E-state index contributed by atoms with van der Waals surface area (Å²) in [5.41, 5.74) is 2.80. The van der Waals surface area contributed by atoms with Gasteiger partial charge in [0.25, 0.3) is 0 Å². The predicted octanol–water partition coefficient (Wildman–Crippen LogP) is 4.00. The van der Waals surface area contributed by atoms with Crippen LogP contribution in [0.25, 0.3) is 17.0 Å². The summed E-state index contributed by atoms with van der Waals surface area (Å²) < 4.78 is 32.9. The first-order chi connectivity index (χ1) is 13.5. The highest BCUT2D eigenvalue weighted by molar-refractivity contribution is 7.92. The molecule has 0 bridgehead atoms. The fraction of sp³-hybridized carbons (Fsp3) is 0.227. The van der Waals surface area contributed by atoms with Crippen LogP contribution in [0, 0.1) is 6.92 Å². The maximum absolute atomic E-state index is 12.7. The largest absolute Gasteiger partial charge is 0.487 e. The molecule has 1 atom stereocenters. The highest BCUT2D eigenvalue weighted by Gasteiger charge is 2.31. The van der Waals surface area contributed by atoms with E-state index < -0.39 is 10.0 Å². The second-order valence-electron chi connectivity index (χ2n) is 6.98. The maximum atomic E-state index is 12.7. The lowest BCUT2D eigenvalue weighted by molar-refractivity contribution is 0.218. The van der Waals surface area contributed by atoms with E-state index in [-0.39, 0.29) is 6.10 Å². The molecule has 2 heterocycles. The van der Waals surface area contributed by atoms with Gasteiger partial charge < -0.3 is 4.74 Å². The molecule has 0 saturated carbocycles. The molecule has 6 heteroatoms. The molecule has 2 aromatic carbocycles. The van der Waals surface area contributed by atoms with Crippen LogP contribution in [0.1, 0.15) is 17.5 Å². The second kappa shape index (κ2) is 7.73. The van der Waals surface area contributed by atoms with Crippen molar-refractivity contribution in [2.45, 2.75) is 19.4 Å². The molecule has 0 radical (unpaired) electrons. The minimum Gasteiger partial charge on any atom is -0.487 e. The smallest absolute Gasteiger partial charge is 0.236 e. The average Bonchev–Trinajstić information content (AvgIpc) is 3.18. The van der Waals surface area contributed by atoms with E-state index in [0.717, 1.165) is 22.0 Å². The van der Waals surface area contributed by atoms with E-state index in [0.29, 0.717) is 25.3 Å². The zero-order valence-electron chi connectivity index (χ0n) is 15.7. The van der Waals surface area contributed by atoms with Crippen LogP contribution in [-0.4, -0.2) is 36.9 Å². The van der Waals surface area contributed by atoms with Crippen molar-refractivity contribution in [3.63, 3.8) is 0 Å². The number of hydrogen-bond donors (Lipinski definition) is 0. The van der Waals surface area contributed by atoms with Crippen LogP contribution in [0.4, 0.5) is 0 Å². The van der Waals surface area contributed by atoms with Gasteiger partial charge in [0.15, 0.2) is 0 Å². The molecule has 1 aliphatic rings. The predicted molar refractivity (Wildman–Crippen MR) is 111 cm³/mol. The molecule has 0 N–H and O–H groups in total. The topological polar surface area (TPSA) is 59.5 Å². The second-order valence-corrected chi connectivity index (χ2v) is 8.79. The third-order valence-electron chi connectivity index (χ3n) is 4.87. The molecule has 1 saturated heterocycles. The molecule has 5 nitrogen and oxygen atoms in total. The number of sulfonamides is 1. The molecule has 28 heavy (non-hydrogen) atoms. The van der Waals surface area contributed by atoms with Crippen molar-refractivity contribution in [3.05, 3.63) is 77.3 Å². The minimum absolute atomic E-state index is 0.185. The number of aryl methyl sites for hydroxylation is 1. The Kier molecular flexibility index (Phi) is 5.15. The highest BCUT2D eigenvalue weighted by atomic mass is 32.2. The van der Waals surface area contributed by atoms with Crippen molar-refractivity contribution in [1.82, 2.24) is 9.29 Å². The third-order valence-corrected chi connectivity index (χ3v) is 6.40. The molecule has 1 unspecified atom stereocenters. The van der Waals surface area contributed by atoms with Crippen molar-refractivity contribution in [1.29, 1.82) is 0 Å². The molecule has 0 amide bonds. The van der Waals surface area contributed by atoms with Gasteiger partial charge in [0.2, 0.25) is 10.0 Å². The zero-order chi connectivity index (χ0) is 19.6. The zero-order valence-corrected chi connectivity index (χ0v) is 16.5. The summed E-state index contributed by atoms with van der Waals surface area (Å²) in [6.45, 7) is 2.79. The Hall–Kier alpha value is -2.70. The van der Waals surface area contributed by atoms with Crippen molar-refractivity contribution in [3.8, 4) is 5.75 Å². The number of benzene rings is 2. The van der Waals surface area contributed by atoms with Gasteiger partial charge in [0.05, 0.1) is 6.54 Å². The van der Waals surface area contributed by atoms with Crippen LogP contribution in [0.2, 0.25) is 0 Å². The summed E-state index contributed by atoms with van der Waals surface area (Å²) >= 11 is 0. The molecule has 1 aromatic heterocycles. The lowest BCUT2D eigenvalue weighted by Crippen LogP contribution is -2.29. The fourth-order valence-corrected chi connectivity index (χ4v) is 4.54. The van der Waals surface area contributed by atoms with E-state index in [1.54, 1.807) is 12.3 Å². The van der Waals surface area contributed by atoms with Crippen molar-refractivity contribution in [2.24, 2.45) is 0 Å². The lowest BCUT2D eigenvalue weighted by atomic mass is 10.2. The molecule has 1 aliphatic heterocycles. The van der Waals surface area contributed by atoms with Gasteiger partial charge in [-0.15, -0.1) is 0 Å². The Morgan fingerprint density at radius 1 is 1.11 bits per heavy atom. The van der Waals surface area contributed by atoms with Crippen molar-refractivity contribution < 1.29 is 13.2 Å². The summed E-state index contributed by atoms with van der Waals surface area (Å²) in [7, 11) is -3.48. The van der Waals surface area contributed by atoms with E-state index in [1.165, 1.54) is 9.71 Å². The summed E-state index contributed by atoms with van der Waals surface area (Å²) in [5, 5.41) is 2.28. The van der Waals surface area contributed by atoms with Crippen LogP contribution in [0.5, 0.6) is 5.75 Å². The van der Waals surface area contributed by atoms with Gasteiger partial charge in [-0.2, -0.15) is 4.31 Å². The van der Waals surface area contributed by atoms with Gasteiger partial charge in [-0.25, -0.2) is 8.42 Å². The number of pyridine rings is 1. The number of rotatable bonds is 5. The average molecular weight is 394 g/mol. The van der Waals surface area contributed by atoms with Crippen LogP contribution < -0.4 is 4.74 Å². The van der Waals surface area contributed by atoms with Crippen molar-refractivity contribution >= 4 is 27.0 Å². The van der Waals surface area contributed by atoms with E-state index in [2.05, 4.69) is 4.98 Å². The monoisotopic (exact) mass is 394 g/mol. The molecule has 4 rings (SSSR count). The minimum atomic E-state index is -3.48. The third kappa shape index (κ3) is 4.08. The molecule has 3 aromatic rings. The Morgan fingerprint density at radius 2 is 1.89 bits per heavy atom. The Morgan fingerprint density at radius 3 is 2.71 bits per heavy atom. The van der Waals surface area contributed by atoms with Crippen molar-refractivity contribution in [2.75, 3.05) is 13.1 Å². The molecule has 0 aliphatic carbocycles. The Balaban J connectivity index is 1.45. The standard InChI is InChI=1S/C22H22N2O3S/c1-17-7-9-18(10-8-17)12-15-28(25,26)24-14-11-20(16-24)27-21-6-2-4-19-5-3-13-23-22(19)21/h2-10,12-13,15,20H,11,14,16H2,1H3/b15-12+. The number of ether oxygens (including phenoxy) is 1. The Bertz CT molecular complexity index is 1100. The fourth-order valence-electron chi connectivity index (χ4n) is 3.30. The van der Waals surface area contributed by atoms with Crippen LogP contribution >= 0.6 is 0 Å². The summed E-state index contributed by atoms with van der Waals surface area (Å²) in [4.78, 5) is 4.39. The molecular weight excluding hydrogens is 372 g/mol. The summed E-state index contributed by atoms with van der Waals surface area (Å²) in [6.07, 6.45) is 3.84. The number of fused-ring (bicyclic) bond motifs is 1. The van der Waals surface area contributed by atoms with Gasteiger partial charge in [-0.05, 0) is 37.1 Å². The highest BCUT2D eigenvalue weighted by Crippen LogP contribution is 2.27. The van der Waals surface area contributed by atoms with Crippen LogP contribution in [-0.2, 0) is 10.0 Å². The number of para-hydroxylation sites is 1. The van der Waals surface area contributed by atoms with Crippen LogP contribution in [0.3, 0.4) is 0 Å². The SMILES string of the molecule is Cc1ccc(/C=C/S(=O)(=O)N2CCC(Oc3cccc4cccnc34)C2)cc1. The van der Waals surface area contributed by atoms with Gasteiger partial charge in [0, 0.05) is 23.5 Å². The van der Waals surface area contributed by atoms with E-state index in [4.69, 9.17) is 4.74 Å². The van der Waals surface area contributed by atoms with E-state index in [1.807, 2.05) is 61.5 Å². The first-order valence-corrected chi connectivity index (χ1v) is 10.8. The van der Waals surface area contributed by atoms with Gasteiger partial charge in [-0.3, -0.25) is 4.98 Å². The molecule has 1 fully saturated rings. The number of aromatic nitrogens is 1. The normalized spacial score (nSPS) is 18.1. The van der Waals surface area contributed by atoms with Gasteiger partial charge in [0.1, 0.15) is 17.4 Å². The molecule has 144 valence electrons. The lowest BCUT2D eigenvalue weighted by Gasteiger charge is -2.16. The summed E-state index contributed by atoms with van der Waals surface area (Å²) in [5.74, 6) is 0.692. The maximum Gasteiger partial charge on any atom is 0.236 e. The quantitative estimate of drug-likeness (QED) is 0.656. The van der Waals surface area contributed by atoms with E-state index >= 15 is 0 Å². The van der Waals surface area contributed by atoms with E-state index in [9.17, 15) is 8.42 Å². The molecular formula is C22H22N2O3S.